The molecule has 1 fully saturated rings. The number of alkyl halides is 2. The molecule has 21 heavy (non-hydrogen) atoms. The molecule has 3 N–H and O–H groups in total. The summed E-state index contributed by atoms with van der Waals surface area (Å²) in [6.07, 6.45) is -0.454. The molecule has 0 bridgehead atoms. The van der Waals surface area contributed by atoms with Crippen molar-refractivity contribution in [2.75, 3.05) is 11.9 Å². The van der Waals surface area contributed by atoms with Gasteiger partial charge in [-0.05, 0) is 31.2 Å². The maximum Gasteiger partial charge on any atom is 0.262 e. The first-order valence-corrected chi connectivity index (χ1v) is 6.44. The Morgan fingerprint density at radius 3 is 2.81 bits per heavy atom. The van der Waals surface area contributed by atoms with E-state index in [0.29, 0.717) is 5.69 Å². The average molecular weight is 316 g/mol. The molecule has 1 saturated heterocycles. The van der Waals surface area contributed by atoms with Gasteiger partial charge in [0.15, 0.2) is 0 Å². The van der Waals surface area contributed by atoms with Gasteiger partial charge in [-0.3, -0.25) is 10.1 Å². The molecular formula is C14H16ClF2N3O. The number of carbonyl (C=O) groups is 1. The van der Waals surface area contributed by atoms with E-state index < -0.39 is 30.8 Å². The summed E-state index contributed by atoms with van der Waals surface area (Å²) < 4.78 is 26.1. The Kier molecular flexibility index (Phi) is 4.20. The molecule has 0 spiro atoms. The Hall–Kier alpha value is -1.66. The number of hydrogen-bond donors (Lipinski definition) is 3. The lowest BCUT2D eigenvalue weighted by atomic mass is 10.1. The lowest BCUT2D eigenvalue weighted by molar-refractivity contribution is -0.118. The van der Waals surface area contributed by atoms with Crippen LogP contribution in [0.2, 0.25) is 0 Å². The molecule has 1 aliphatic heterocycles. The Labute approximate surface area is 126 Å². The summed E-state index contributed by atoms with van der Waals surface area (Å²) >= 11 is 0. The van der Waals surface area contributed by atoms with Gasteiger partial charge in [-0.15, -0.1) is 12.4 Å². The van der Waals surface area contributed by atoms with Crippen LogP contribution in [0.4, 0.5) is 14.5 Å². The molecule has 0 radical (unpaired) electrons. The lowest BCUT2D eigenvalue weighted by Gasteiger charge is -2.11. The Bertz CT molecular complexity index is 671. The van der Waals surface area contributed by atoms with Crippen molar-refractivity contribution in [1.29, 1.82) is 0 Å². The van der Waals surface area contributed by atoms with Crippen LogP contribution in [-0.4, -0.2) is 29.4 Å². The number of amides is 1. The molecular weight excluding hydrogens is 300 g/mol. The number of aryl methyl sites for hydroxylation is 1. The van der Waals surface area contributed by atoms with E-state index in [1.165, 1.54) is 0 Å². The quantitative estimate of drug-likeness (QED) is 0.798. The summed E-state index contributed by atoms with van der Waals surface area (Å²) in [7, 11) is 0. The van der Waals surface area contributed by atoms with E-state index in [0.717, 1.165) is 16.6 Å². The number of aromatic amines is 1. The number of benzene rings is 1. The molecule has 1 aromatic heterocycles. The van der Waals surface area contributed by atoms with Crippen molar-refractivity contribution in [3.05, 3.63) is 30.0 Å². The van der Waals surface area contributed by atoms with Gasteiger partial charge >= 0.3 is 0 Å². The van der Waals surface area contributed by atoms with E-state index in [9.17, 15) is 13.6 Å². The van der Waals surface area contributed by atoms with E-state index in [2.05, 4.69) is 15.6 Å². The van der Waals surface area contributed by atoms with Gasteiger partial charge in [0.1, 0.15) is 0 Å². The second-order valence-electron chi connectivity index (χ2n) is 5.24. The molecule has 1 amide bonds. The third kappa shape index (κ3) is 3.33. The number of carbonyl (C=O) groups excluding carboxylic acids is 1. The topological polar surface area (TPSA) is 56.9 Å². The lowest BCUT2D eigenvalue weighted by Crippen LogP contribution is -2.35. The number of hydrogen-bond acceptors (Lipinski definition) is 2. The van der Waals surface area contributed by atoms with Gasteiger partial charge in [0.05, 0.1) is 12.6 Å². The fraction of sp³-hybridized carbons (Fsp3) is 0.357. The minimum absolute atomic E-state index is 0. The van der Waals surface area contributed by atoms with Gasteiger partial charge < -0.3 is 10.3 Å². The minimum atomic E-state index is -2.80. The second-order valence-corrected chi connectivity index (χ2v) is 5.24. The van der Waals surface area contributed by atoms with Crippen LogP contribution in [0.1, 0.15) is 12.1 Å². The van der Waals surface area contributed by atoms with E-state index in [1.807, 2.05) is 25.1 Å². The summed E-state index contributed by atoms with van der Waals surface area (Å²) in [5, 5.41) is 6.19. The van der Waals surface area contributed by atoms with Crippen molar-refractivity contribution in [3.8, 4) is 0 Å². The van der Waals surface area contributed by atoms with Gasteiger partial charge in [-0.1, -0.05) is 0 Å². The Morgan fingerprint density at radius 2 is 2.14 bits per heavy atom. The normalized spacial score (nSPS) is 20.2. The highest BCUT2D eigenvalue weighted by molar-refractivity contribution is 5.97. The highest BCUT2D eigenvalue weighted by Gasteiger charge is 2.42. The number of anilines is 1. The van der Waals surface area contributed by atoms with Crippen molar-refractivity contribution < 1.29 is 13.6 Å². The molecule has 1 atom stereocenters. The second kappa shape index (κ2) is 5.61. The van der Waals surface area contributed by atoms with Crippen LogP contribution < -0.4 is 10.6 Å². The zero-order valence-corrected chi connectivity index (χ0v) is 12.2. The summed E-state index contributed by atoms with van der Waals surface area (Å²) in [5.74, 6) is -3.22. The Balaban J connectivity index is 0.00000161. The van der Waals surface area contributed by atoms with Crippen LogP contribution >= 0.6 is 12.4 Å². The molecule has 114 valence electrons. The molecule has 1 unspecified atom stereocenters. The molecule has 2 aromatic rings. The number of rotatable bonds is 2. The van der Waals surface area contributed by atoms with E-state index in [-0.39, 0.29) is 12.4 Å². The van der Waals surface area contributed by atoms with Crippen LogP contribution in [0, 0.1) is 6.92 Å². The predicted molar refractivity (Wildman–Crippen MR) is 80.3 cm³/mol. The first-order chi connectivity index (χ1) is 9.43. The van der Waals surface area contributed by atoms with Gasteiger partial charge in [0, 0.05) is 28.7 Å². The number of halogens is 3. The largest absolute Gasteiger partial charge is 0.359 e. The highest BCUT2D eigenvalue weighted by atomic mass is 35.5. The summed E-state index contributed by atoms with van der Waals surface area (Å²) in [6.45, 7) is 1.50. The van der Waals surface area contributed by atoms with E-state index in [4.69, 9.17) is 0 Å². The third-order valence-corrected chi connectivity index (χ3v) is 3.45. The number of fused-ring (bicyclic) bond motifs is 1. The number of H-pyrrole nitrogens is 1. The third-order valence-electron chi connectivity index (χ3n) is 3.45. The average Bonchev–Trinajstić information content (AvgIpc) is 2.90. The van der Waals surface area contributed by atoms with Crippen molar-refractivity contribution >= 4 is 34.9 Å². The highest BCUT2D eigenvalue weighted by Crippen LogP contribution is 2.26. The van der Waals surface area contributed by atoms with E-state index >= 15 is 0 Å². The van der Waals surface area contributed by atoms with Gasteiger partial charge in [-0.2, -0.15) is 0 Å². The van der Waals surface area contributed by atoms with Gasteiger partial charge in [-0.25, -0.2) is 8.78 Å². The van der Waals surface area contributed by atoms with Crippen molar-refractivity contribution in [3.63, 3.8) is 0 Å². The monoisotopic (exact) mass is 315 g/mol. The van der Waals surface area contributed by atoms with Gasteiger partial charge in [0.2, 0.25) is 5.91 Å². The van der Waals surface area contributed by atoms with Crippen molar-refractivity contribution in [2.45, 2.75) is 25.3 Å². The van der Waals surface area contributed by atoms with Crippen LogP contribution in [-0.2, 0) is 4.79 Å². The van der Waals surface area contributed by atoms with Crippen LogP contribution in [0.25, 0.3) is 10.9 Å². The minimum Gasteiger partial charge on any atom is -0.359 e. The molecule has 0 aliphatic carbocycles. The Morgan fingerprint density at radius 1 is 1.38 bits per heavy atom. The molecule has 1 aliphatic rings. The van der Waals surface area contributed by atoms with E-state index in [1.54, 1.807) is 6.07 Å². The smallest absolute Gasteiger partial charge is 0.262 e. The number of nitrogens with one attached hydrogen (secondary N) is 3. The SMILES string of the molecule is Cc1cc2cc(NC(=O)C3CC(F)(F)CN3)ccc2[nH]1.Cl. The molecule has 0 saturated carbocycles. The molecule has 4 nitrogen and oxygen atoms in total. The summed E-state index contributed by atoms with van der Waals surface area (Å²) in [6, 6.07) is 6.56. The first-order valence-electron chi connectivity index (χ1n) is 6.44. The van der Waals surface area contributed by atoms with Crippen LogP contribution in [0.3, 0.4) is 0 Å². The summed E-state index contributed by atoms with van der Waals surface area (Å²) in [5.41, 5.74) is 2.62. The fourth-order valence-electron chi connectivity index (χ4n) is 2.49. The molecule has 2 heterocycles. The van der Waals surface area contributed by atoms with Gasteiger partial charge in [0.25, 0.3) is 5.92 Å². The predicted octanol–water partition coefficient (Wildman–Crippen LogP) is 2.83. The first kappa shape index (κ1) is 15.7. The molecule has 3 rings (SSSR count). The molecule has 1 aromatic carbocycles. The standard InChI is InChI=1S/C14H15F2N3O.ClH/c1-8-4-9-5-10(2-3-11(9)18-8)19-13(20)12-6-14(15,16)7-17-12;/h2-5,12,17-18H,6-7H2,1H3,(H,19,20);1H. The van der Waals surface area contributed by atoms with Crippen molar-refractivity contribution in [1.82, 2.24) is 10.3 Å². The fourth-order valence-corrected chi connectivity index (χ4v) is 2.49. The molecule has 7 heteroatoms. The maximum absolute atomic E-state index is 13.1. The van der Waals surface area contributed by atoms with Crippen molar-refractivity contribution in [2.24, 2.45) is 0 Å². The zero-order chi connectivity index (χ0) is 14.3. The zero-order valence-electron chi connectivity index (χ0n) is 11.4. The number of aromatic nitrogens is 1. The summed E-state index contributed by atoms with van der Waals surface area (Å²) in [4.78, 5) is 15.1. The maximum atomic E-state index is 13.1. The van der Waals surface area contributed by atoms with Crippen LogP contribution in [0.15, 0.2) is 24.3 Å². The van der Waals surface area contributed by atoms with Crippen LogP contribution in [0.5, 0.6) is 0 Å².